The Morgan fingerprint density at radius 2 is 2.11 bits per heavy atom. The van der Waals surface area contributed by atoms with Gasteiger partial charge in [0.05, 0.1) is 11.3 Å². The van der Waals surface area contributed by atoms with E-state index >= 15 is 0 Å². The maximum atomic E-state index is 12.4. The van der Waals surface area contributed by atoms with Gasteiger partial charge in [0.1, 0.15) is 5.76 Å². The number of aryl methyl sites for hydroxylation is 1. The van der Waals surface area contributed by atoms with Crippen LogP contribution in [0.5, 0.6) is 0 Å². The number of benzene rings is 1. The van der Waals surface area contributed by atoms with Gasteiger partial charge in [-0.3, -0.25) is 4.79 Å². The van der Waals surface area contributed by atoms with E-state index in [1.165, 1.54) is 16.6 Å². The molecule has 0 aliphatic heterocycles. The maximum absolute atomic E-state index is 12.4. The summed E-state index contributed by atoms with van der Waals surface area (Å²) in [6.45, 7) is 2.04. The van der Waals surface area contributed by atoms with Gasteiger partial charge in [-0.25, -0.2) is 4.79 Å². The molecule has 0 atom stereocenters. The van der Waals surface area contributed by atoms with E-state index in [0.29, 0.717) is 17.9 Å². The van der Waals surface area contributed by atoms with Crippen molar-refractivity contribution in [1.82, 2.24) is 10.5 Å². The van der Waals surface area contributed by atoms with Crippen LogP contribution >= 0.6 is 23.1 Å². The number of nitrogens with one attached hydrogen (secondary N) is 1. The third-order valence-electron chi connectivity index (χ3n) is 3.77. The lowest BCUT2D eigenvalue weighted by Crippen LogP contribution is -2.30. The first-order valence-corrected chi connectivity index (χ1v) is 10.6. The number of ether oxygens (including phenoxy) is 1. The first-order chi connectivity index (χ1) is 13.6. The van der Waals surface area contributed by atoms with Gasteiger partial charge < -0.3 is 14.6 Å². The molecule has 3 rings (SSSR count). The molecular formula is C20H20N2O4S2. The second-order valence-corrected chi connectivity index (χ2v) is 8.02. The number of amides is 1. The Bertz CT molecular complexity index is 922. The molecule has 146 valence electrons. The van der Waals surface area contributed by atoms with Gasteiger partial charge in [-0.1, -0.05) is 23.4 Å². The molecule has 1 amide bonds. The molecule has 8 heteroatoms. The van der Waals surface area contributed by atoms with Gasteiger partial charge in [-0.05, 0) is 36.9 Å². The summed E-state index contributed by atoms with van der Waals surface area (Å²) in [6, 6.07) is 13.0. The van der Waals surface area contributed by atoms with Crippen molar-refractivity contribution in [2.24, 2.45) is 0 Å². The lowest BCUT2D eigenvalue weighted by atomic mass is 10.2. The maximum Gasteiger partial charge on any atom is 0.339 e. The Morgan fingerprint density at radius 1 is 1.25 bits per heavy atom. The minimum absolute atomic E-state index is 0.301. The van der Waals surface area contributed by atoms with E-state index in [0.717, 1.165) is 22.8 Å². The first-order valence-electron chi connectivity index (χ1n) is 8.72. The van der Waals surface area contributed by atoms with Gasteiger partial charge in [0.25, 0.3) is 5.91 Å². The number of carbonyl (C=O) groups excluding carboxylic acids is 2. The SMILES string of the molecule is Cc1cc(CSc2ccccc2C(=O)OCC(=O)NCCc2cccs2)no1. The van der Waals surface area contributed by atoms with Gasteiger partial charge >= 0.3 is 5.97 Å². The molecule has 0 saturated heterocycles. The average Bonchev–Trinajstić information content (AvgIpc) is 3.36. The largest absolute Gasteiger partial charge is 0.452 e. The van der Waals surface area contributed by atoms with E-state index in [9.17, 15) is 9.59 Å². The van der Waals surface area contributed by atoms with E-state index in [1.807, 2.05) is 42.6 Å². The average molecular weight is 417 g/mol. The van der Waals surface area contributed by atoms with Gasteiger partial charge in [0.2, 0.25) is 0 Å². The normalized spacial score (nSPS) is 10.6. The van der Waals surface area contributed by atoms with Crippen molar-refractivity contribution in [2.75, 3.05) is 13.2 Å². The summed E-state index contributed by atoms with van der Waals surface area (Å²) in [7, 11) is 0. The highest BCUT2D eigenvalue weighted by molar-refractivity contribution is 7.98. The monoisotopic (exact) mass is 416 g/mol. The fourth-order valence-electron chi connectivity index (χ4n) is 2.44. The van der Waals surface area contributed by atoms with E-state index in [-0.39, 0.29) is 12.5 Å². The quantitative estimate of drug-likeness (QED) is 0.421. The summed E-state index contributed by atoms with van der Waals surface area (Å²) in [6.07, 6.45) is 0.762. The van der Waals surface area contributed by atoms with Crippen molar-refractivity contribution < 1.29 is 18.8 Å². The smallest absolute Gasteiger partial charge is 0.339 e. The predicted octanol–water partition coefficient (Wildman–Crippen LogP) is 3.85. The molecule has 1 N–H and O–H groups in total. The van der Waals surface area contributed by atoms with Crippen LogP contribution in [0.25, 0.3) is 0 Å². The minimum Gasteiger partial charge on any atom is -0.452 e. The highest BCUT2D eigenvalue weighted by Gasteiger charge is 2.15. The second-order valence-electron chi connectivity index (χ2n) is 5.97. The zero-order valence-electron chi connectivity index (χ0n) is 15.3. The molecule has 1 aromatic carbocycles. The van der Waals surface area contributed by atoms with Gasteiger partial charge in [0, 0.05) is 28.1 Å². The van der Waals surface area contributed by atoms with E-state index in [2.05, 4.69) is 10.5 Å². The second kappa shape index (κ2) is 10.1. The highest BCUT2D eigenvalue weighted by Crippen LogP contribution is 2.26. The van der Waals surface area contributed by atoms with Crippen molar-refractivity contribution in [3.05, 3.63) is 69.7 Å². The third kappa shape index (κ3) is 5.97. The lowest BCUT2D eigenvalue weighted by Gasteiger charge is -2.09. The van der Waals surface area contributed by atoms with Crippen molar-refractivity contribution in [3.8, 4) is 0 Å². The molecule has 6 nitrogen and oxygen atoms in total. The Balaban J connectivity index is 1.47. The Hall–Kier alpha value is -2.58. The number of nitrogens with zero attached hydrogens (tertiary/aromatic N) is 1. The van der Waals surface area contributed by atoms with Crippen LogP contribution in [0.4, 0.5) is 0 Å². The third-order valence-corrected chi connectivity index (χ3v) is 5.81. The first kappa shape index (κ1) is 20.2. The van der Waals surface area contributed by atoms with Crippen molar-refractivity contribution in [2.45, 2.75) is 24.0 Å². The van der Waals surface area contributed by atoms with E-state index < -0.39 is 5.97 Å². The highest BCUT2D eigenvalue weighted by atomic mass is 32.2. The van der Waals surface area contributed by atoms with Crippen LogP contribution in [0.15, 0.2) is 57.3 Å². The summed E-state index contributed by atoms with van der Waals surface area (Å²) in [5, 5.41) is 8.70. The Morgan fingerprint density at radius 3 is 2.86 bits per heavy atom. The molecule has 0 unspecified atom stereocenters. The Labute approximate surface area is 171 Å². The van der Waals surface area contributed by atoms with E-state index in [4.69, 9.17) is 9.26 Å². The number of hydrogen-bond donors (Lipinski definition) is 1. The number of aromatic nitrogens is 1. The summed E-state index contributed by atoms with van der Waals surface area (Å²) in [4.78, 5) is 26.3. The fourth-order valence-corrected chi connectivity index (χ4v) is 4.07. The van der Waals surface area contributed by atoms with Crippen LogP contribution in [0.2, 0.25) is 0 Å². The molecule has 0 saturated carbocycles. The van der Waals surface area contributed by atoms with Crippen LogP contribution in [-0.2, 0) is 21.7 Å². The van der Waals surface area contributed by atoms with Crippen LogP contribution < -0.4 is 5.32 Å². The molecule has 3 aromatic rings. The molecule has 0 radical (unpaired) electrons. The summed E-state index contributed by atoms with van der Waals surface area (Å²) < 4.78 is 10.2. The van der Waals surface area contributed by atoms with Gasteiger partial charge in [-0.2, -0.15) is 0 Å². The molecule has 0 bridgehead atoms. The summed E-state index contributed by atoms with van der Waals surface area (Å²) in [5.41, 5.74) is 1.23. The van der Waals surface area contributed by atoms with Crippen LogP contribution in [-0.4, -0.2) is 30.2 Å². The topological polar surface area (TPSA) is 81.4 Å². The van der Waals surface area contributed by atoms with Gasteiger partial charge in [0.15, 0.2) is 6.61 Å². The number of thioether (sulfide) groups is 1. The number of carbonyl (C=O) groups is 2. The minimum atomic E-state index is -0.521. The molecule has 28 heavy (non-hydrogen) atoms. The van der Waals surface area contributed by atoms with Gasteiger partial charge in [-0.15, -0.1) is 23.1 Å². The number of esters is 1. The van der Waals surface area contributed by atoms with Crippen molar-refractivity contribution in [1.29, 1.82) is 0 Å². The molecular weight excluding hydrogens is 396 g/mol. The zero-order valence-corrected chi connectivity index (χ0v) is 17.0. The molecule has 0 aliphatic carbocycles. The molecule has 0 fully saturated rings. The molecule has 2 aromatic heterocycles. The fraction of sp³-hybridized carbons (Fsp3) is 0.250. The lowest BCUT2D eigenvalue weighted by molar-refractivity contribution is -0.124. The summed E-state index contributed by atoms with van der Waals surface area (Å²) >= 11 is 3.11. The standard InChI is InChI=1S/C20H20N2O4S2/c1-14-11-15(22-26-14)13-28-18-7-3-2-6-17(18)20(24)25-12-19(23)21-9-8-16-5-4-10-27-16/h2-7,10-11H,8-9,12-13H2,1H3,(H,21,23). The van der Waals surface area contributed by atoms with Crippen LogP contribution in [0.1, 0.15) is 26.7 Å². The zero-order chi connectivity index (χ0) is 19.8. The predicted molar refractivity (Wildman–Crippen MR) is 109 cm³/mol. The molecule has 0 aliphatic rings. The number of thiophene rings is 1. The molecule has 0 spiro atoms. The molecule has 2 heterocycles. The summed E-state index contributed by atoms with van der Waals surface area (Å²) in [5.74, 6) is 0.486. The Kier molecular flexibility index (Phi) is 7.27. The van der Waals surface area contributed by atoms with Crippen LogP contribution in [0.3, 0.4) is 0 Å². The van der Waals surface area contributed by atoms with Crippen molar-refractivity contribution >= 4 is 35.0 Å². The number of hydrogen-bond acceptors (Lipinski definition) is 7. The number of rotatable bonds is 9. The van der Waals surface area contributed by atoms with Crippen LogP contribution in [0, 0.1) is 6.92 Å². The van der Waals surface area contributed by atoms with Crippen molar-refractivity contribution in [3.63, 3.8) is 0 Å². The van der Waals surface area contributed by atoms with E-state index in [1.54, 1.807) is 23.5 Å².